The molecule has 2 atom stereocenters. The van der Waals surface area contributed by atoms with E-state index in [1.165, 1.54) is 11.1 Å². The van der Waals surface area contributed by atoms with Crippen LogP contribution < -0.4 is 5.32 Å². The van der Waals surface area contributed by atoms with E-state index in [-0.39, 0.29) is 6.10 Å². The zero-order valence-corrected chi connectivity index (χ0v) is 13.9. The molecule has 0 aromatic heterocycles. The minimum absolute atomic E-state index is 0.250. The van der Waals surface area contributed by atoms with Crippen LogP contribution in [0.3, 0.4) is 0 Å². The fraction of sp³-hybridized carbons (Fsp3) is 0.667. The van der Waals surface area contributed by atoms with E-state index >= 15 is 0 Å². The highest BCUT2D eigenvalue weighted by Crippen LogP contribution is 2.18. The molecule has 1 rings (SSSR count). The molecule has 1 aromatic carbocycles. The van der Waals surface area contributed by atoms with Crippen molar-refractivity contribution in [3.8, 4) is 0 Å². The average molecular weight is 277 g/mol. The summed E-state index contributed by atoms with van der Waals surface area (Å²) in [4.78, 5) is 0. The van der Waals surface area contributed by atoms with E-state index in [4.69, 9.17) is 4.74 Å². The topological polar surface area (TPSA) is 21.3 Å². The predicted molar refractivity (Wildman–Crippen MR) is 87.3 cm³/mol. The van der Waals surface area contributed by atoms with Gasteiger partial charge in [0.25, 0.3) is 0 Å². The summed E-state index contributed by atoms with van der Waals surface area (Å²) in [7, 11) is 1.82. The second-order valence-electron chi connectivity index (χ2n) is 6.21. The third-order valence-corrected chi connectivity index (χ3v) is 3.89. The molecule has 114 valence electrons. The van der Waals surface area contributed by atoms with E-state index in [1.54, 1.807) is 0 Å². The molecule has 0 aliphatic heterocycles. The van der Waals surface area contributed by atoms with Gasteiger partial charge >= 0.3 is 0 Å². The number of benzene rings is 1. The van der Waals surface area contributed by atoms with Crippen LogP contribution in [0, 0.1) is 5.92 Å². The molecular formula is C18H31NO. The van der Waals surface area contributed by atoms with Crippen molar-refractivity contribution in [2.45, 2.75) is 59.1 Å². The highest BCUT2D eigenvalue weighted by molar-refractivity contribution is 5.25. The summed E-state index contributed by atoms with van der Waals surface area (Å²) >= 11 is 0. The van der Waals surface area contributed by atoms with Gasteiger partial charge in [-0.2, -0.15) is 0 Å². The highest BCUT2D eigenvalue weighted by Gasteiger charge is 2.23. The van der Waals surface area contributed by atoms with Crippen LogP contribution in [0.5, 0.6) is 0 Å². The Labute approximate surface area is 124 Å². The van der Waals surface area contributed by atoms with Crippen molar-refractivity contribution < 1.29 is 4.74 Å². The summed E-state index contributed by atoms with van der Waals surface area (Å²) in [5, 5.41) is 3.58. The molecule has 0 radical (unpaired) electrons. The number of hydrogen-bond acceptors (Lipinski definition) is 2. The summed E-state index contributed by atoms with van der Waals surface area (Å²) in [6.45, 7) is 12.0. The Kier molecular flexibility index (Phi) is 7.25. The maximum atomic E-state index is 5.70. The van der Waals surface area contributed by atoms with Crippen molar-refractivity contribution in [2.75, 3.05) is 13.7 Å². The largest absolute Gasteiger partial charge is 0.380 e. The van der Waals surface area contributed by atoms with Crippen LogP contribution in [0.4, 0.5) is 0 Å². The molecule has 2 nitrogen and oxygen atoms in total. The number of methoxy groups -OCH3 is 1. The summed E-state index contributed by atoms with van der Waals surface area (Å²) in [6, 6.07) is 9.38. The van der Waals surface area contributed by atoms with Crippen molar-refractivity contribution in [2.24, 2.45) is 5.92 Å². The van der Waals surface area contributed by atoms with E-state index in [0.717, 1.165) is 13.0 Å². The first-order chi connectivity index (χ1) is 9.49. The Bertz CT molecular complexity index is 370. The number of hydrogen-bond donors (Lipinski definition) is 1. The Hall–Kier alpha value is -0.860. The minimum Gasteiger partial charge on any atom is -0.380 e. The van der Waals surface area contributed by atoms with Gasteiger partial charge in [-0.25, -0.2) is 0 Å². The summed E-state index contributed by atoms with van der Waals surface area (Å²) < 4.78 is 5.70. The van der Waals surface area contributed by atoms with E-state index in [9.17, 15) is 0 Å². The van der Waals surface area contributed by atoms with Crippen molar-refractivity contribution in [3.05, 3.63) is 35.4 Å². The van der Waals surface area contributed by atoms with Crippen molar-refractivity contribution in [1.82, 2.24) is 5.32 Å². The van der Waals surface area contributed by atoms with Crippen LogP contribution in [0.2, 0.25) is 0 Å². The van der Waals surface area contributed by atoms with Gasteiger partial charge in [0, 0.05) is 13.2 Å². The molecule has 0 saturated carbocycles. The zero-order valence-electron chi connectivity index (χ0n) is 13.9. The second-order valence-corrected chi connectivity index (χ2v) is 6.21. The first-order valence-electron chi connectivity index (χ1n) is 7.84. The average Bonchev–Trinajstić information content (AvgIpc) is 2.40. The van der Waals surface area contributed by atoms with Gasteiger partial charge in [0.2, 0.25) is 0 Å². The second kappa shape index (κ2) is 8.43. The lowest BCUT2D eigenvalue weighted by Gasteiger charge is -2.30. The molecule has 0 fully saturated rings. The molecule has 1 aromatic rings. The van der Waals surface area contributed by atoms with Crippen LogP contribution >= 0.6 is 0 Å². The molecule has 0 bridgehead atoms. The van der Waals surface area contributed by atoms with Gasteiger partial charge in [-0.15, -0.1) is 0 Å². The van der Waals surface area contributed by atoms with Crippen LogP contribution in [0.1, 0.15) is 51.7 Å². The molecule has 2 unspecified atom stereocenters. The normalized spacial score (nSPS) is 14.8. The Morgan fingerprint density at radius 2 is 1.65 bits per heavy atom. The van der Waals surface area contributed by atoms with Crippen molar-refractivity contribution in [1.29, 1.82) is 0 Å². The molecule has 0 heterocycles. The number of rotatable bonds is 8. The van der Waals surface area contributed by atoms with Crippen molar-refractivity contribution >= 4 is 0 Å². The van der Waals surface area contributed by atoms with Crippen molar-refractivity contribution in [3.63, 3.8) is 0 Å². The first kappa shape index (κ1) is 17.2. The van der Waals surface area contributed by atoms with Crippen LogP contribution in [0.25, 0.3) is 0 Å². The minimum atomic E-state index is 0.250. The summed E-state index contributed by atoms with van der Waals surface area (Å²) in [5.41, 5.74) is 2.78. The Balaban J connectivity index is 2.79. The predicted octanol–water partition coefficient (Wildman–Crippen LogP) is 4.00. The van der Waals surface area contributed by atoms with Gasteiger partial charge in [0.1, 0.15) is 0 Å². The van der Waals surface area contributed by atoms with Crippen LogP contribution in [-0.2, 0) is 11.2 Å². The molecule has 0 amide bonds. The molecule has 0 spiro atoms. The third-order valence-electron chi connectivity index (χ3n) is 3.89. The lowest BCUT2D eigenvalue weighted by Crippen LogP contribution is -2.45. The quantitative estimate of drug-likeness (QED) is 0.775. The maximum absolute atomic E-state index is 5.70. The molecular weight excluding hydrogens is 246 g/mol. The van der Waals surface area contributed by atoms with E-state index in [2.05, 4.69) is 64.2 Å². The SMILES string of the molecule is CCNC(Cc1ccc(C(C)C)cc1)C(OC)C(C)C. The Morgan fingerprint density at radius 1 is 1.05 bits per heavy atom. The number of likely N-dealkylation sites (N-methyl/N-ethyl adjacent to an activating group) is 1. The van der Waals surface area contributed by atoms with Gasteiger partial charge in [0.05, 0.1) is 6.10 Å². The lowest BCUT2D eigenvalue weighted by molar-refractivity contribution is 0.0337. The summed E-state index contributed by atoms with van der Waals surface area (Å²) in [5.74, 6) is 1.11. The number of ether oxygens (including phenoxy) is 1. The molecule has 0 aliphatic carbocycles. The van der Waals surface area contributed by atoms with E-state index in [0.29, 0.717) is 17.9 Å². The lowest BCUT2D eigenvalue weighted by atomic mass is 9.92. The van der Waals surface area contributed by atoms with Crippen LogP contribution in [0.15, 0.2) is 24.3 Å². The number of nitrogens with one attached hydrogen (secondary N) is 1. The van der Waals surface area contributed by atoms with Gasteiger partial charge < -0.3 is 10.1 Å². The molecule has 0 aliphatic rings. The molecule has 20 heavy (non-hydrogen) atoms. The summed E-state index contributed by atoms with van der Waals surface area (Å²) in [6.07, 6.45) is 1.27. The van der Waals surface area contributed by atoms with Gasteiger partial charge in [0.15, 0.2) is 0 Å². The van der Waals surface area contributed by atoms with Gasteiger partial charge in [-0.3, -0.25) is 0 Å². The van der Waals surface area contributed by atoms with Gasteiger partial charge in [-0.1, -0.05) is 58.9 Å². The highest BCUT2D eigenvalue weighted by atomic mass is 16.5. The van der Waals surface area contributed by atoms with Gasteiger partial charge in [-0.05, 0) is 35.9 Å². The smallest absolute Gasteiger partial charge is 0.0750 e. The molecule has 1 N–H and O–H groups in total. The third kappa shape index (κ3) is 4.92. The zero-order chi connectivity index (χ0) is 15.1. The van der Waals surface area contributed by atoms with E-state index in [1.807, 2.05) is 7.11 Å². The van der Waals surface area contributed by atoms with Crippen LogP contribution in [-0.4, -0.2) is 25.8 Å². The fourth-order valence-corrected chi connectivity index (χ4v) is 2.76. The standard InChI is InChI=1S/C18H31NO/c1-7-19-17(18(20-6)14(4)5)12-15-8-10-16(11-9-15)13(2)3/h8-11,13-14,17-19H,7,12H2,1-6H3. The first-order valence-corrected chi connectivity index (χ1v) is 7.84. The maximum Gasteiger partial charge on any atom is 0.0750 e. The Morgan fingerprint density at radius 3 is 2.05 bits per heavy atom. The monoisotopic (exact) mass is 277 g/mol. The van der Waals surface area contributed by atoms with E-state index < -0.39 is 0 Å². The molecule has 2 heteroatoms. The fourth-order valence-electron chi connectivity index (χ4n) is 2.76. The molecule has 0 saturated heterocycles.